The van der Waals surface area contributed by atoms with Gasteiger partial charge in [0, 0.05) is 0 Å². The van der Waals surface area contributed by atoms with Gasteiger partial charge in [-0.2, -0.15) is 0 Å². The van der Waals surface area contributed by atoms with Gasteiger partial charge < -0.3 is 19.5 Å². The third-order valence-corrected chi connectivity index (χ3v) is 3.67. The first-order valence-corrected chi connectivity index (χ1v) is 8.58. The van der Waals surface area contributed by atoms with Crippen molar-refractivity contribution in [2.24, 2.45) is 0 Å². The van der Waals surface area contributed by atoms with Gasteiger partial charge in [-0.1, -0.05) is 11.6 Å². The zero-order valence-corrected chi connectivity index (χ0v) is 15.6. The highest BCUT2D eigenvalue weighted by atomic mass is 35.5. The Morgan fingerprint density at radius 1 is 1.11 bits per heavy atom. The van der Waals surface area contributed by atoms with Crippen LogP contribution in [0.2, 0.25) is 5.02 Å². The Hall–Kier alpha value is -2.80. The van der Waals surface area contributed by atoms with Gasteiger partial charge in [0.25, 0.3) is 5.91 Å². The Morgan fingerprint density at radius 2 is 1.74 bits per heavy atom. The second-order valence-electron chi connectivity index (χ2n) is 5.44. The van der Waals surface area contributed by atoms with Crippen LogP contribution in [0, 0.1) is 5.82 Å². The first kappa shape index (κ1) is 20.5. The van der Waals surface area contributed by atoms with Gasteiger partial charge in [-0.05, 0) is 56.3 Å². The molecule has 0 aromatic heterocycles. The van der Waals surface area contributed by atoms with Crippen LogP contribution >= 0.6 is 11.6 Å². The summed E-state index contributed by atoms with van der Waals surface area (Å²) in [6, 6.07) is 10.3. The van der Waals surface area contributed by atoms with Crippen LogP contribution in [0.4, 0.5) is 10.1 Å². The highest BCUT2D eigenvalue weighted by Crippen LogP contribution is 2.22. The molecule has 0 saturated carbocycles. The van der Waals surface area contributed by atoms with Crippen molar-refractivity contribution in [3.05, 3.63) is 53.3 Å². The number of hydrogen-bond acceptors (Lipinski definition) is 5. The molecule has 0 spiro atoms. The first-order valence-electron chi connectivity index (χ1n) is 8.20. The van der Waals surface area contributed by atoms with Crippen LogP contribution < -0.4 is 14.8 Å². The van der Waals surface area contributed by atoms with Crippen molar-refractivity contribution >= 4 is 29.2 Å². The van der Waals surface area contributed by atoms with Crippen LogP contribution in [0.25, 0.3) is 0 Å². The lowest BCUT2D eigenvalue weighted by Crippen LogP contribution is -2.31. The zero-order chi connectivity index (χ0) is 19.8. The summed E-state index contributed by atoms with van der Waals surface area (Å²) in [5.41, 5.74) is 0.219. The number of benzene rings is 2. The molecule has 0 aliphatic heterocycles. The van der Waals surface area contributed by atoms with Crippen LogP contribution in [-0.2, 0) is 14.3 Å². The van der Waals surface area contributed by atoms with Gasteiger partial charge >= 0.3 is 5.97 Å². The fourth-order valence-electron chi connectivity index (χ4n) is 2.05. The maximum atomic E-state index is 13.0. The predicted octanol–water partition coefficient (Wildman–Crippen LogP) is 3.83. The highest BCUT2D eigenvalue weighted by Gasteiger charge is 2.19. The van der Waals surface area contributed by atoms with Crippen LogP contribution in [-0.4, -0.2) is 31.2 Å². The largest absolute Gasteiger partial charge is 0.494 e. The van der Waals surface area contributed by atoms with E-state index in [0.29, 0.717) is 18.1 Å². The van der Waals surface area contributed by atoms with Gasteiger partial charge in [0.2, 0.25) is 0 Å². The van der Waals surface area contributed by atoms with E-state index >= 15 is 0 Å². The number of amides is 1. The summed E-state index contributed by atoms with van der Waals surface area (Å²) >= 11 is 5.84. The number of esters is 1. The lowest BCUT2D eigenvalue weighted by Gasteiger charge is -2.14. The van der Waals surface area contributed by atoms with E-state index in [2.05, 4.69) is 5.32 Å². The van der Waals surface area contributed by atoms with Crippen molar-refractivity contribution in [1.29, 1.82) is 0 Å². The molecule has 144 valence electrons. The molecule has 2 rings (SSSR count). The smallest absolute Gasteiger partial charge is 0.344 e. The van der Waals surface area contributed by atoms with Crippen LogP contribution in [0.3, 0.4) is 0 Å². The van der Waals surface area contributed by atoms with Gasteiger partial charge in [-0.25, -0.2) is 9.18 Å². The fraction of sp³-hybridized carbons (Fsp3) is 0.263. The van der Waals surface area contributed by atoms with E-state index in [1.54, 1.807) is 24.3 Å². The third-order valence-electron chi connectivity index (χ3n) is 3.36. The molecule has 0 unspecified atom stereocenters. The average molecular weight is 396 g/mol. The number of carbonyl (C=O) groups excluding carboxylic acids is 2. The van der Waals surface area contributed by atoms with E-state index in [1.807, 2.05) is 6.92 Å². The molecule has 1 amide bonds. The van der Waals surface area contributed by atoms with Crippen molar-refractivity contribution in [3.63, 3.8) is 0 Å². The molecule has 0 aliphatic rings. The van der Waals surface area contributed by atoms with Gasteiger partial charge in [0.15, 0.2) is 12.7 Å². The number of ether oxygens (including phenoxy) is 3. The lowest BCUT2D eigenvalue weighted by atomic mass is 10.3. The Bertz CT molecular complexity index is 797. The minimum absolute atomic E-state index is 0.0423. The molecular weight excluding hydrogens is 377 g/mol. The van der Waals surface area contributed by atoms with Crippen molar-refractivity contribution in [1.82, 2.24) is 0 Å². The Labute approximate surface area is 161 Å². The predicted molar refractivity (Wildman–Crippen MR) is 98.7 cm³/mol. The van der Waals surface area contributed by atoms with E-state index in [1.165, 1.54) is 13.0 Å². The molecule has 0 saturated heterocycles. The minimum atomic E-state index is -1.08. The second-order valence-corrected chi connectivity index (χ2v) is 5.85. The summed E-state index contributed by atoms with van der Waals surface area (Å²) in [5, 5.41) is 2.51. The first-order chi connectivity index (χ1) is 12.9. The standard InChI is InChI=1S/C19H19ClFNO5/c1-3-25-14-5-7-15(8-6-14)26-11-18(23)27-12(2)19(24)22-17-9-4-13(21)10-16(17)20/h4-10,12H,3,11H2,1-2H3,(H,22,24)/t12-/m0/s1. The quantitative estimate of drug-likeness (QED) is 0.688. The molecular formula is C19H19ClFNO5. The van der Waals surface area contributed by atoms with Crippen molar-refractivity contribution < 1.29 is 28.2 Å². The fourth-order valence-corrected chi connectivity index (χ4v) is 2.27. The Kier molecular flexibility index (Phi) is 7.43. The van der Waals surface area contributed by atoms with E-state index in [0.717, 1.165) is 12.1 Å². The molecule has 0 heterocycles. The number of anilines is 1. The average Bonchev–Trinajstić information content (AvgIpc) is 2.63. The van der Waals surface area contributed by atoms with E-state index < -0.39 is 23.8 Å². The lowest BCUT2D eigenvalue weighted by molar-refractivity contribution is -0.155. The highest BCUT2D eigenvalue weighted by molar-refractivity contribution is 6.33. The minimum Gasteiger partial charge on any atom is -0.494 e. The summed E-state index contributed by atoms with van der Waals surface area (Å²) in [5.74, 6) is -0.679. The second kappa shape index (κ2) is 9.78. The molecule has 2 aromatic carbocycles. The SMILES string of the molecule is CCOc1ccc(OCC(=O)O[C@@H](C)C(=O)Nc2ccc(F)cc2Cl)cc1. The topological polar surface area (TPSA) is 73.9 Å². The summed E-state index contributed by atoms with van der Waals surface area (Å²) < 4.78 is 28.6. The molecule has 0 aliphatic carbocycles. The molecule has 8 heteroatoms. The van der Waals surface area contributed by atoms with Gasteiger partial charge in [0.05, 0.1) is 17.3 Å². The van der Waals surface area contributed by atoms with Gasteiger partial charge in [0.1, 0.15) is 17.3 Å². The molecule has 27 heavy (non-hydrogen) atoms. The van der Waals surface area contributed by atoms with Crippen LogP contribution in [0.5, 0.6) is 11.5 Å². The van der Waals surface area contributed by atoms with Crippen molar-refractivity contribution in [2.75, 3.05) is 18.5 Å². The van der Waals surface area contributed by atoms with E-state index in [4.69, 9.17) is 25.8 Å². The third kappa shape index (κ3) is 6.45. The van der Waals surface area contributed by atoms with E-state index in [-0.39, 0.29) is 17.3 Å². The number of halogens is 2. The number of carbonyl (C=O) groups is 2. The maximum absolute atomic E-state index is 13.0. The van der Waals surface area contributed by atoms with Gasteiger partial charge in [-0.3, -0.25) is 4.79 Å². The number of rotatable bonds is 8. The van der Waals surface area contributed by atoms with Crippen LogP contribution in [0.1, 0.15) is 13.8 Å². The monoisotopic (exact) mass is 395 g/mol. The molecule has 1 N–H and O–H groups in total. The number of nitrogens with one attached hydrogen (secondary N) is 1. The van der Waals surface area contributed by atoms with Crippen molar-refractivity contribution in [2.45, 2.75) is 20.0 Å². The summed E-state index contributed by atoms with van der Waals surface area (Å²) in [6.45, 7) is 3.47. The molecule has 1 atom stereocenters. The summed E-state index contributed by atoms with van der Waals surface area (Å²) in [6.07, 6.45) is -1.08. The normalized spacial score (nSPS) is 11.4. The Morgan fingerprint density at radius 3 is 2.33 bits per heavy atom. The molecule has 0 bridgehead atoms. The van der Waals surface area contributed by atoms with Crippen LogP contribution in [0.15, 0.2) is 42.5 Å². The molecule has 0 radical (unpaired) electrons. The van der Waals surface area contributed by atoms with E-state index in [9.17, 15) is 14.0 Å². The number of hydrogen-bond donors (Lipinski definition) is 1. The van der Waals surface area contributed by atoms with Crippen molar-refractivity contribution in [3.8, 4) is 11.5 Å². The molecule has 0 fully saturated rings. The molecule has 6 nitrogen and oxygen atoms in total. The Balaban J connectivity index is 1.81. The molecule has 2 aromatic rings. The zero-order valence-electron chi connectivity index (χ0n) is 14.8. The summed E-state index contributed by atoms with van der Waals surface area (Å²) in [7, 11) is 0. The maximum Gasteiger partial charge on any atom is 0.344 e. The van der Waals surface area contributed by atoms with Gasteiger partial charge in [-0.15, -0.1) is 0 Å². The summed E-state index contributed by atoms with van der Waals surface area (Å²) in [4.78, 5) is 23.9.